The zero-order chi connectivity index (χ0) is 16.1. The number of ether oxygens (including phenoxy) is 1. The van der Waals surface area contributed by atoms with Gasteiger partial charge in [0.05, 0.1) is 18.4 Å². The molecule has 120 valence electrons. The van der Waals surface area contributed by atoms with Crippen LogP contribution in [0.25, 0.3) is 10.9 Å². The van der Waals surface area contributed by atoms with E-state index in [9.17, 15) is 15.0 Å². The van der Waals surface area contributed by atoms with Crippen molar-refractivity contribution in [2.24, 2.45) is 10.9 Å². The molecule has 1 saturated heterocycles. The molecule has 0 unspecified atom stereocenters. The van der Waals surface area contributed by atoms with E-state index in [2.05, 4.69) is 15.4 Å². The molecule has 8 heteroatoms. The maximum atomic E-state index is 11.6. The molecule has 3 N–H and O–H groups in total. The first-order valence-electron chi connectivity index (χ1n) is 7.40. The topological polar surface area (TPSA) is 109 Å². The second-order valence-electron chi connectivity index (χ2n) is 5.83. The number of hydrogen-bond donors (Lipinski definition) is 3. The molecule has 8 nitrogen and oxygen atoms in total. The minimum Gasteiger partial charge on any atom is -0.394 e. The van der Waals surface area contributed by atoms with Crippen LogP contribution in [-0.4, -0.2) is 45.0 Å². The highest BCUT2D eigenvalue weighted by Gasteiger charge is 2.43. The average Bonchev–Trinajstić information content (AvgIpc) is 2.99. The first-order valence-corrected chi connectivity index (χ1v) is 7.40. The van der Waals surface area contributed by atoms with Crippen molar-refractivity contribution in [2.45, 2.75) is 25.2 Å². The fourth-order valence-electron chi connectivity index (χ4n) is 3.25. The highest BCUT2D eigenvalue weighted by atomic mass is 16.5. The van der Waals surface area contributed by atoms with Crippen LogP contribution in [0, 0.1) is 5.92 Å². The van der Waals surface area contributed by atoms with Crippen molar-refractivity contribution >= 4 is 23.1 Å². The third-order valence-corrected chi connectivity index (χ3v) is 4.46. The van der Waals surface area contributed by atoms with E-state index in [4.69, 9.17) is 4.74 Å². The van der Waals surface area contributed by atoms with Gasteiger partial charge in [-0.15, -0.1) is 0 Å². The largest absolute Gasteiger partial charge is 0.394 e. The second-order valence-corrected chi connectivity index (χ2v) is 5.83. The maximum absolute atomic E-state index is 11.6. The Balaban J connectivity index is 1.90. The van der Waals surface area contributed by atoms with Crippen molar-refractivity contribution in [1.29, 1.82) is 0 Å². The SMILES string of the molecule is C[C@H]1[C@H](O)[C@@H](CO)O[C@H]1c1cc2ccc(=O)nc3c2n1NC=N3. The number of rotatable bonds is 2. The molecule has 1 fully saturated rings. The lowest BCUT2D eigenvalue weighted by atomic mass is 9.96. The zero-order valence-electron chi connectivity index (χ0n) is 12.4. The number of aromatic nitrogens is 2. The molecule has 0 bridgehead atoms. The molecule has 4 rings (SSSR count). The van der Waals surface area contributed by atoms with Gasteiger partial charge in [-0.3, -0.25) is 14.9 Å². The van der Waals surface area contributed by atoms with Crippen molar-refractivity contribution in [3.8, 4) is 0 Å². The maximum Gasteiger partial charge on any atom is 0.271 e. The number of hydrogen-bond acceptors (Lipinski definition) is 7. The van der Waals surface area contributed by atoms with Gasteiger partial charge in [-0.1, -0.05) is 6.92 Å². The summed E-state index contributed by atoms with van der Waals surface area (Å²) in [6, 6.07) is 4.97. The van der Waals surface area contributed by atoms with Gasteiger partial charge in [0.25, 0.3) is 5.56 Å². The summed E-state index contributed by atoms with van der Waals surface area (Å²) >= 11 is 0. The Morgan fingerprint density at radius 2 is 2.26 bits per heavy atom. The van der Waals surface area contributed by atoms with Crippen LogP contribution >= 0.6 is 0 Å². The molecule has 0 aromatic carbocycles. The van der Waals surface area contributed by atoms with Crippen molar-refractivity contribution < 1.29 is 14.9 Å². The third-order valence-electron chi connectivity index (χ3n) is 4.46. The first kappa shape index (κ1) is 14.3. The van der Waals surface area contributed by atoms with Crippen molar-refractivity contribution in [2.75, 3.05) is 12.0 Å². The highest BCUT2D eigenvalue weighted by Crippen LogP contribution is 2.40. The Bertz CT molecular complexity index is 862. The summed E-state index contributed by atoms with van der Waals surface area (Å²) < 4.78 is 7.58. The molecule has 0 saturated carbocycles. The lowest BCUT2D eigenvalue weighted by Gasteiger charge is -2.20. The van der Waals surface area contributed by atoms with Crippen molar-refractivity contribution in [3.05, 3.63) is 34.2 Å². The van der Waals surface area contributed by atoms with Crippen molar-refractivity contribution in [1.82, 2.24) is 9.66 Å². The number of aliphatic hydroxyl groups excluding tert-OH is 2. The van der Waals surface area contributed by atoms with E-state index in [1.807, 2.05) is 13.0 Å². The molecule has 2 aromatic rings. The van der Waals surface area contributed by atoms with E-state index in [1.54, 1.807) is 10.7 Å². The van der Waals surface area contributed by atoms with Crippen LogP contribution in [0.3, 0.4) is 0 Å². The Morgan fingerprint density at radius 3 is 3.00 bits per heavy atom. The lowest BCUT2D eigenvalue weighted by Crippen LogP contribution is -2.28. The number of nitrogens with one attached hydrogen (secondary N) is 1. The molecule has 0 aliphatic carbocycles. The molecule has 2 aliphatic rings. The molecular weight excluding hydrogens is 300 g/mol. The van der Waals surface area contributed by atoms with Gasteiger partial charge >= 0.3 is 0 Å². The fourth-order valence-corrected chi connectivity index (χ4v) is 3.25. The van der Waals surface area contributed by atoms with Gasteiger partial charge in [0, 0.05) is 17.4 Å². The van der Waals surface area contributed by atoms with Crippen LogP contribution in [0.4, 0.5) is 5.82 Å². The molecule has 4 heterocycles. The fraction of sp³-hybridized carbons (Fsp3) is 0.400. The smallest absolute Gasteiger partial charge is 0.271 e. The van der Waals surface area contributed by atoms with Crippen molar-refractivity contribution in [3.63, 3.8) is 0 Å². The van der Waals surface area contributed by atoms with Crippen LogP contribution in [-0.2, 0) is 4.74 Å². The van der Waals surface area contributed by atoms with Gasteiger partial charge < -0.3 is 14.9 Å². The minimum absolute atomic E-state index is 0.186. The van der Waals surface area contributed by atoms with Gasteiger partial charge in [0.2, 0.25) is 0 Å². The summed E-state index contributed by atoms with van der Waals surface area (Å²) in [5.41, 5.74) is 4.13. The van der Waals surface area contributed by atoms with E-state index >= 15 is 0 Å². The van der Waals surface area contributed by atoms with Gasteiger partial charge in [-0.2, -0.15) is 4.98 Å². The van der Waals surface area contributed by atoms with Crippen LogP contribution in [0.5, 0.6) is 0 Å². The predicted molar refractivity (Wildman–Crippen MR) is 83.4 cm³/mol. The van der Waals surface area contributed by atoms with Crippen LogP contribution in [0.2, 0.25) is 0 Å². The Kier molecular flexibility index (Phi) is 3.19. The molecular formula is C15H16N4O4. The van der Waals surface area contributed by atoms with Gasteiger partial charge in [0.1, 0.15) is 24.1 Å². The number of aliphatic imine (C=N–C) groups is 1. The molecule has 23 heavy (non-hydrogen) atoms. The molecule has 4 atom stereocenters. The Labute approximate surface area is 131 Å². The first-order chi connectivity index (χ1) is 11.1. The van der Waals surface area contributed by atoms with Crippen LogP contribution in [0.1, 0.15) is 18.7 Å². The monoisotopic (exact) mass is 316 g/mol. The second kappa shape index (κ2) is 5.12. The van der Waals surface area contributed by atoms with Gasteiger partial charge in [-0.25, -0.2) is 4.99 Å². The van der Waals surface area contributed by atoms with E-state index in [1.165, 1.54) is 12.4 Å². The normalized spacial score (nSPS) is 29.0. The predicted octanol–water partition coefficient (Wildman–Crippen LogP) is 0.0426. The van der Waals surface area contributed by atoms with Crippen LogP contribution in [0.15, 0.2) is 28.0 Å². The summed E-state index contributed by atoms with van der Waals surface area (Å²) in [5, 5.41) is 20.3. The summed E-state index contributed by atoms with van der Waals surface area (Å²) in [6.45, 7) is 1.64. The zero-order valence-corrected chi connectivity index (χ0v) is 12.4. The van der Waals surface area contributed by atoms with Gasteiger partial charge in [-0.05, 0) is 12.1 Å². The quantitative estimate of drug-likeness (QED) is 0.722. The lowest BCUT2D eigenvalue weighted by molar-refractivity contribution is -0.0240. The Morgan fingerprint density at radius 1 is 1.43 bits per heavy atom. The molecule has 2 aliphatic heterocycles. The molecule has 2 aromatic heterocycles. The minimum atomic E-state index is -0.741. The summed E-state index contributed by atoms with van der Waals surface area (Å²) in [6.07, 6.45) is -0.287. The number of nitrogens with zero attached hydrogens (tertiary/aromatic N) is 3. The molecule has 0 radical (unpaired) electrons. The van der Waals surface area contributed by atoms with Crippen LogP contribution < -0.4 is 11.0 Å². The third kappa shape index (κ3) is 2.07. The van der Waals surface area contributed by atoms with E-state index in [-0.39, 0.29) is 18.1 Å². The summed E-state index contributed by atoms with van der Waals surface area (Å²) in [4.78, 5) is 19.7. The average molecular weight is 316 g/mol. The molecule has 0 amide bonds. The number of aliphatic hydroxyl groups is 2. The summed E-state index contributed by atoms with van der Waals surface area (Å²) in [7, 11) is 0. The van der Waals surface area contributed by atoms with E-state index < -0.39 is 18.3 Å². The van der Waals surface area contributed by atoms with E-state index in [0.717, 1.165) is 11.1 Å². The van der Waals surface area contributed by atoms with E-state index in [0.29, 0.717) is 11.3 Å². The highest BCUT2D eigenvalue weighted by molar-refractivity contribution is 5.93. The summed E-state index contributed by atoms with van der Waals surface area (Å²) in [5.74, 6) is 0.151. The molecule has 0 spiro atoms. The standard InChI is InChI=1S/C15H16N4O4/c1-7-13(22)10(5-20)23-14(7)9-4-8-2-3-11(21)18-15-12(8)19(9)17-6-16-15/h2-4,6-7,10,13-14,20,22H,5H2,1H3,(H,16,17,18,21)/t7-,10+,13-,14+/m0/s1. The Hall–Kier alpha value is -2.29. The van der Waals surface area contributed by atoms with Gasteiger partial charge in [0.15, 0.2) is 5.82 Å².